The molecule has 4 aromatic rings. The van der Waals surface area contributed by atoms with Crippen LogP contribution in [0.15, 0.2) is 36.4 Å². The van der Waals surface area contributed by atoms with Gasteiger partial charge in [-0.05, 0) is 50.5 Å². The van der Waals surface area contributed by atoms with Gasteiger partial charge in [-0.3, -0.25) is 9.48 Å². The normalized spacial score (nSPS) is 13.9. The molecule has 1 amide bonds. The molecule has 0 saturated heterocycles. The Kier molecular flexibility index (Phi) is 5.49. The van der Waals surface area contributed by atoms with E-state index in [9.17, 15) is 18.0 Å². The Labute approximate surface area is 198 Å². The number of anilines is 1. The zero-order valence-electron chi connectivity index (χ0n) is 19.3. The molecule has 1 aliphatic rings. The third-order valence-corrected chi connectivity index (χ3v) is 6.05. The Morgan fingerprint density at radius 3 is 2.63 bits per heavy atom. The highest BCUT2D eigenvalue weighted by Crippen LogP contribution is 2.41. The lowest BCUT2D eigenvalue weighted by molar-refractivity contribution is -0.142. The van der Waals surface area contributed by atoms with Gasteiger partial charge >= 0.3 is 6.18 Å². The van der Waals surface area contributed by atoms with Gasteiger partial charge in [0, 0.05) is 17.7 Å². The van der Waals surface area contributed by atoms with E-state index < -0.39 is 17.8 Å². The second kappa shape index (κ2) is 8.40. The van der Waals surface area contributed by atoms with Gasteiger partial charge < -0.3 is 10.1 Å². The van der Waals surface area contributed by atoms with Crippen molar-refractivity contribution < 1.29 is 22.7 Å². The summed E-state index contributed by atoms with van der Waals surface area (Å²) in [7, 11) is 1.59. The molecule has 8 nitrogen and oxygen atoms in total. The fraction of sp³-hybridized carbons (Fsp3) is 0.333. The molecule has 11 heteroatoms. The summed E-state index contributed by atoms with van der Waals surface area (Å²) in [5, 5.41) is 11.2. The number of methoxy groups -OCH3 is 1. The van der Waals surface area contributed by atoms with E-state index in [-0.39, 0.29) is 17.3 Å². The molecule has 3 heterocycles. The maximum absolute atomic E-state index is 13.7. The number of hydrogen-bond donors (Lipinski definition) is 1. The van der Waals surface area contributed by atoms with E-state index in [0.717, 1.165) is 30.2 Å². The predicted octanol–water partition coefficient (Wildman–Crippen LogP) is 4.75. The molecule has 1 N–H and O–H groups in total. The van der Waals surface area contributed by atoms with Crippen LogP contribution in [0.1, 0.15) is 57.6 Å². The van der Waals surface area contributed by atoms with Crippen molar-refractivity contribution in [3.8, 4) is 5.75 Å². The van der Waals surface area contributed by atoms with Gasteiger partial charge in [0.15, 0.2) is 11.3 Å². The smallest absolute Gasteiger partial charge is 0.433 e. The number of amides is 1. The molecule has 5 rings (SSSR count). The molecule has 0 unspecified atom stereocenters. The zero-order chi connectivity index (χ0) is 24.9. The molecule has 182 valence electrons. The predicted molar refractivity (Wildman–Crippen MR) is 122 cm³/mol. The maximum atomic E-state index is 13.7. The van der Waals surface area contributed by atoms with Crippen molar-refractivity contribution in [1.82, 2.24) is 24.4 Å². The van der Waals surface area contributed by atoms with Crippen molar-refractivity contribution in [3.05, 3.63) is 70.4 Å². The van der Waals surface area contributed by atoms with Gasteiger partial charge in [0.25, 0.3) is 5.91 Å². The molecule has 1 saturated carbocycles. The summed E-state index contributed by atoms with van der Waals surface area (Å²) in [6, 6.07) is 9.86. The third kappa shape index (κ3) is 4.45. The Hall–Kier alpha value is -3.89. The fourth-order valence-corrected chi connectivity index (χ4v) is 4.05. The molecular weight excluding hydrogens is 461 g/mol. The first kappa shape index (κ1) is 22.9. The molecule has 35 heavy (non-hydrogen) atoms. The maximum Gasteiger partial charge on any atom is 0.433 e. The molecule has 3 aromatic heterocycles. The lowest BCUT2D eigenvalue weighted by Gasteiger charge is -2.10. The Bertz CT molecular complexity index is 1440. The molecule has 0 radical (unpaired) electrons. The van der Waals surface area contributed by atoms with Crippen LogP contribution in [-0.4, -0.2) is 37.4 Å². The Morgan fingerprint density at radius 1 is 1.17 bits per heavy atom. The van der Waals surface area contributed by atoms with Crippen LogP contribution in [0.3, 0.4) is 0 Å². The van der Waals surface area contributed by atoms with Crippen LogP contribution >= 0.6 is 0 Å². The number of carbonyl (C=O) groups is 1. The van der Waals surface area contributed by atoms with Crippen molar-refractivity contribution in [2.24, 2.45) is 0 Å². The largest absolute Gasteiger partial charge is 0.497 e. The second-order valence-corrected chi connectivity index (χ2v) is 8.65. The number of benzene rings is 1. The highest BCUT2D eigenvalue weighted by molar-refractivity contribution is 6.04. The SMILES string of the molecule is COc1cccc(Cn2nc(C)c(NC(=O)c3cc4nc(C5CC5)cc(C(F)(F)F)n4n3)c2C)c1. The van der Waals surface area contributed by atoms with Crippen LogP contribution in [0.5, 0.6) is 5.75 Å². The monoisotopic (exact) mass is 484 g/mol. The molecule has 1 aliphatic carbocycles. The highest BCUT2D eigenvalue weighted by Gasteiger charge is 2.37. The Balaban J connectivity index is 1.43. The van der Waals surface area contributed by atoms with Gasteiger partial charge in [-0.25, -0.2) is 9.50 Å². The number of rotatable bonds is 6. The van der Waals surface area contributed by atoms with E-state index in [4.69, 9.17) is 4.74 Å². The van der Waals surface area contributed by atoms with E-state index in [1.165, 1.54) is 6.07 Å². The number of alkyl halides is 3. The third-order valence-electron chi connectivity index (χ3n) is 6.05. The summed E-state index contributed by atoms with van der Waals surface area (Å²) in [4.78, 5) is 17.3. The number of aryl methyl sites for hydroxylation is 1. The highest BCUT2D eigenvalue weighted by atomic mass is 19.4. The average Bonchev–Trinajstić information content (AvgIpc) is 3.53. The number of nitrogens with one attached hydrogen (secondary N) is 1. The summed E-state index contributed by atoms with van der Waals surface area (Å²) in [6.07, 6.45) is -3.01. The van der Waals surface area contributed by atoms with Crippen molar-refractivity contribution in [3.63, 3.8) is 0 Å². The molecule has 0 spiro atoms. The average molecular weight is 484 g/mol. The van der Waals surface area contributed by atoms with Crippen molar-refractivity contribution in [1.29, 1.82) is 0 Å². The van der Waals surface area contributed by atoms with Gasteiger partial charge in [0.1, 0.15) is 11.4 Å². The summed E-state index contributed by atoms with van der Waals surface area (Å²) in [6.45, 7) is 4.02. The lowest BCUT2D eigenvalue weighted by Crippen LogP contribution is -2.16. The molecule has 1 aromatic carbocycles. The summed E-state index contributed by atoms with van der Waals surface area (Å²) < 4.78 is 48.7. The summed E-state index contributed by atoms with van der Waals surface area (Å²) in [5.41, 5.74) is 2.00. The van der Waals surface area contributed by atoms with E-state index >= 15 is 0 Å². The van der Waals surface area contributed by atoms with Crippen LogP contribution in [0.2, 0.25) is 0 Å². The van der Waals surface area contributed by atoms with Gasteiger partial charge in [0.05, 0.1) is 30.7 Å². The molecule has 0 aliphatic heterocycles. The minimum Gasteiger partial charge on any atom is -0.497 e. The summed E-state index contributed by atoms with van der Waals surface area (Å²) in [5.74, 6) is 0.110. The van der Waals surface area contributed by atoms with E-state index in [0.29, 0.717) is 33.8 Å². The quantitative estimate of drug-likeness (QED) is 0.427. The molecule has 1 fully saturated rings. The van der Waals surface area contributed by atoms with Crippen LogP contribution in [-0.2, 0) is 12.7 Å². The van der Waals surface area contributed by atoms with Crippen LogP contribution in [0.25, 0.3) is 5.65 Å². The number of halogens is 3. The first-order valence-electron chi connectivity index (χ1n) is 11.1. The van der Waals surface area contributed by atoms with Gasteiger partial charge in [-0.1, -0.05) is 12.1 Å². The van der Waals surface area contributed by atoms with E-state index in [1.807, 2.05) is 31.2 Å². The van der Waals surface area contributed by atoms with Crippen LogP contribution < -0.4 is 10.1 Å². The number of hydrogen-bond acceptors (Lipinski definition) is 5. The van der Waals surface area contributed by atoms with E-state index in [2.05, 4.69) is 20.5 Å². The van der Waals surface area contributed by atoms with Crippen LogP contribution in [0.4, 0.5) is 18.9 Å². The zero-order valence-corrected chi connectivity index (χ0v) is 19.3. The minimum atomic E-state index is -4.63. The first-order chi connectivity index (χ1) is 16.6. The summed E-state index contributed by atoms with van der Waals surface area (Å²) >= 11 is 0. The molecule has 0 bridgehead atoms. The first-order valence-corrected chi connectivity index (χ1v) is 11.1. The van der Waals surface area contributed by atoms with Crippen molar-refractivity contribution in [2.45, 2.75) is 45.3 Å². The van der Waals surface area contributed by atoms with Gasteiger partial charge in [0.2, 0.25) is 0 Å². The number of nitrogens with zero attached hydrogens (tertiary/aromatic N) is 5. The molecule has 0 atom stereocenters. The topological polar surface area (TPSA) is 86.3 Å². The number of ether oxygens (including phenoxy) is 1. The van der Waals surface area contributed by atoms with Gasteiger partial charge in [-0.2, -0.15) is 23.4 Å². The second-order valence-electron chi connectivity index (χ2n) is 8.65. The number of fused-ring (bicyclic) bond motifs is 1. The minimum absolute atomic E-state index is 0.00552. The van der Waals surface area contributed by atoms with Crippen LogP contribution in [0, 0.1) is 13.8 Å². The van der Waals surface area contributed by atoms with Crippen molar-refractivity contribution >= 4 is 17.2 Å². The molecular formula is C24H23F3N6O2. The fourth-order valence-electron chi connectivity index (χ4n) is 4.05. The van der Waals surface area contributed by atoms with E-state index in [1.54, 1.807) is 18.7 Å². The number of aromatic nitrogens is 5. The number of carbonyl (C=O) groups excluding carboxylic acids is 1. The van der Waals surface area contributed by atoms with Crippen molar-refractivity contribution in [2.75, 3.05) is 12.4 Å². The lowest BCUT2D eigenvalue weighted by atomic mass is 10.2. The van der Waals surface area contributed by atoms with Gasteiger partial charge in [-0.15, -0.1) is 0 Å². The Morgan fingerprint density at radius 2 is 1.94 bits per heavy atom. The standard InChI is InChI=1S/C24H23F3N6O2/c1-13-22(14(2)32(30-13)12-15-5-4-6-17(9-15)35-3)29-23(34)19-11-21-28-18(16-7-8-16)10-20(24(25,26)27)33(21)31-19/h4-6,9-11,16H,7-8,12H2,1-3H3,(H,29,34).